The quantitative estimate of drug-likeness (QED) is 0.312. The summed E-state index contributed by atoms with van der Waals surface area (Å²) in [4.78, 5) is 47.1. The Morgan fingerprint density at radius 1 is 1.32 bits per heavy atom. The van der Waals surface area contributed by atoms with Crippen molar-refractivity contribution in [3.05, 3.63) is 57.2 Å². The van der Waals surface area contributed by atoms with Crippen molar-refractivity contribution in [3.63, 3.8) is 0 Å². The van der Waals surface area contributed by atoms with E-state index in [2.05, 4.69) is 0 Å². The maximum Gasteiger partial charge on any atom is 0.326 e. The molecule has 2 heterocycles. The summed E-state index contributed by atoms with van der Waals surface area (Å²) in [5, 5.41) is 10.3. The van der Waals surface area contributed by atoms with Crippen LogP contribution in [0.15, 0.2) is 45.7 Å². The molecule has 0 saturated carbocycles. The average Bonchev–Trinajstić information content (AvgIpc) is 3.23. The third-order valence-electron chi connectivity index (χ3n) is 3.71. The molecule has 1 aliphatic rings. The predicted molar refractivity (Wildman–Crippen MR) is 100 cm³/mol. The van der Waals surface area contributed by atoms with Gasteiger partial charge in [0, 0.05) is 23.8 Å². The fourth-order valence-electron chi connectivity index (χ4n) is 2.46. The minimum Gasteiger partial charge on any atom is -0.465 e. The van der Waals surface area contributed by atoms with Gasteiger partial charge in [-0.05, 0) is 30.8 Å². The van der Waals surface area contributed by atoms with E-state index in [0.717, 1.165) is 4.90 Å². The highest BCUT2D eigenvalue weighted by molar-refractivity contribution is 8.18. The lowest BCUT2D eigenvalue weighted by Gasteiger charge is -2.10. The molecular weight excluding hydrogens is 388 g/mol. The van der Waals surface area contributed by atoms with Crippen LogP contribution in [-0.2, 0) is 14.3 Å². The second kappa shape index (κ2) is 8.09. The molecule has 0 atom stereocenters. The number of thioether (sulfide) groups is 1. The van der Waals surface area contributed by atoms with Crippen LogP contribution in [0.3, 0.4) is 0 Å². The molecular formula is C18H14N2O7S. The SMILES string of the molecule is CCOC(=O)CN1C(=O)S/C(=C/c2ccc(-c3cccc([N+](=O)[O-])c3)o2)C1=O. The van der Waals surface area contributed by atoms with Crippen LogP contribution in [0, 0.1) is 10.1 Å². The third kappa shape index (κ3) is 4.12. The van der Waals surface area contributed by atoms with E-state index in [1.54, 1.807) is 25.1 Å². The molecule has 10 heteroatoms. The normalized spacial score (nSPS) is 15.3. The smallest absolute Gasteiger partial charge is 0.326 e. The lowest BCUT2D eigenvalue weighted by molar-refractivity contribution is -0.384. The summed E-state index contributed by atoms with van der Waals surface area (Å²) in [6, 6.07) is 9.11. The van der Waals surface area contributed by atoms with Crippen LogP contribution < -0.4 is 0 Å². The number of nitro benzene ring substituents is 1. The zero-order valence-electron chi connectivity index (χ0n) is 14.6. The van der Waals surface area contributed by atoms with E-state index in [1.807, 2.05) is 0 Å². The molecule has 0 aliphatic carbocycles. The molecule has 0 spiro atoms. The summed E-state index contributed by atoms with van der Waals surface area (Å²) >= 11 is 0.690. The number of hydrogen-bond donors (Lipinski definition) is 0. The Hall–Kier alpha value is -3.40. The molecule has 28 heavy (non-hydrogen) atoms. The van der Waals surface area contributed by atoms with Crippen molar-refractivity contribution in [1.29, 1.82) is 0 Å². The van der Waals surface area contributed by atoms with E-state index in [1.165, 1.54) is 24.3 Å². The first-order valence-electron chi connectivity index (χ1n) is 8.14. The highest BCUT2D eigenvalue weighted by atomic mass is 32.2. The number of nitro groups is 1. The number of nitrogens with zero attached hydrogens (tertiary/aromatic N) is 2. The molecule has 9 nitrogen and oxygen atoms in total. The van der Waals surface area contributed by atoms with E-state index in [4.69, 9.17) is 9.15 Å². The van der Waals surface area contributed by atoms with Gasteiger partial charge in [-0.15, -0.1) is 0 Å². The van der Waals surface area contributed by atoms with Gasteiger partial charge in [0.15, 0.2) is 0 Å². The van der Waals surface area contributed by atoms with Gasteiger partial charge in [0.2, 0.25) is 0 Å². The summed E-state index contributed by atoms with van der Waals surface area (Å²) in [6.07, 6.45) is 1.39. The van der Waals surface area contributed by atoms with Crippen molar-refractivity contribution in [1.82, 2.24) is 4.90 Å². The van der Waals surface area contributed by atoms with E-state index in [-0.39, 0.29) is 17.2 Å². The highest BCUT2D eigenvalue weighted by Crippen LogP contribution is 2.33. The van der Waals surface area contributed by atoms with Crippen LogP contribution in [0.4, 0.5) is 10.5 Å². The molecule has 2 aromatic rings. The van der Waals surface area contributed by atoms with Crippen LogP contribution in [-0.4, -0.2) is 40.1 Å². The molecule has 0 bridgehead atoms. The Kier molecular flexibility index (Phi) is 5.59. The molecule has 0 unspecified atom stereocenters. The molecule has 3 rings (SSSR count). The maximum absolute atomic E-state index is 12.3. The first-order chi connectivity index (χ1) is 13.4. The second-order valence-corrected chi connectivity index (χ2v) is 6.58. The van der Waals surface area contributed by atoms with E-state index < -0.39 is 28.6 Å². The fraction of sp³-hybridized carbons (Fsp3) is 0.167. The van der Waals surface area contributed by atoms with Gasteiger partial charge in [0.1, 0.15) is 18.1 Å². The number of hydrogen-bond acceptors (Lipinski definition) is 8. The summed E-state index contributed by atoms with van der Waals surface area (Å²) in [5.41, 5.74) is 0.430. The van der Waals surface area contributed by atoms with Crippen molar-refractivity contribution >= 4 is 40.6 Å². The molecule has 0 radical (unpaired) electrons. The van der Waals surface area contributed by atoms with Crippen molar-refractivity contribution in [2.45, 2.75) is 6.92 Å². The zero-order chi connectivity index (χ0) is 20.3. The molecule has 0 N–H and O–H groups in total. The van der Waals surface area contributed by atoms with Gasteiger partial charge < -0.3 is 9.15 Å². The van der Waals surface area contributed by atoms with Crippen LogP contribution in [0.25, 0.3) is 17.4 Å². The number of esters is 1. The first-order valence-corrected chi connectivity index (χ1v) is 8.96. The summed E-state index contributed by atoms with van der Waals surface area (Å²) in [5.74, 6) is -0.614. The Bertz CT molecular complexity index is 995. The lowest BCUT2D eigenvalue weighted by Crippen LogP contribution is -2.34. The monoisotopic (exact) mass is 402 g/mol. The Morgan fingerprint density at radius 3 is 2.82 bits per heavy atom. The Morgan fingerprint density at radius 2 is 2.11 bits per heavy atom. The molecule has 2 amide bonds. The van der Waals surface area contributed by atoms with Gasteiger partial charge in [-0.1, -0.05) is 12.1 Å². The number of non-ortho nitro benzene ring substituents is 1. The van der Waals surface area contributed by atoms with Gasteiger partial charge in [-0.25, -0.2) is 0 Å². The topological polar surface area (TPSA) is 120 Å². The molecule has 1 aromatic carbocycles. The average molecular weight is 402 g/mol. The predicted octanol–water partition coefficient (Wildman–Crippen LogP) is 3.45. The summed E-state index contributed by atoms with van der Waals surface area (Å²) < 4.78 is 10.4. The van der Waals surface area contributed by atoms with Gasteiger partial charge in [0.05, 0.1) is 16.4 Å². The van der Waals surface area contributed by atoms with Gasteiger partial charge in [-0.3, -0.25) is 29.4 Å². The second-order valence-electron chi connectivity index (χ2n) is 5.58. The van der Waals surface area contributed by atoms with Crippen molar-refractivity contribution in [2.75, 3.05) is 13.2 Å². The fourth-order valence-corrected chi connectivity index (χ4v) is 3.28. The van der Waals surface area contributed by atoms with Gasteiger partial charge in [-0.2, -0.15) is 0 Å². The minimum atomic E-state index is -0.669. The van der Waals surface area contributed by atoms with Crippen molar-refractivity contribution < 1.29 is 28.5 Å². The molecule has 1 fully saturated rings. The van der Waals surface area contributed by atoms with Crippen LogP contribution in [0.1, 0.15) is 12.7 Å². The number of ether oxygens (including phenoxy) is 1. The first kappa shape index (κ1) is 19.4. The highest BCUT2D eigenvalue weighted by Gasteiger charge is 2.36. The summed E-state index contributed by atoms with van der Waals surface area (Å²) in [6.45, 7) is 1.33. The number of furan rings is 1. The van der Waals surface area contributed by atoms with Crippen LogP contribution in [0.5, 0.6) is 0 Å². The Labute approximate surface area is 163 Å². The molecule has 1 saturated heterocycles. The van der Waals surface area contributed by atoms with Gasteiger partial charge in [0.25, 0.3) is 16.8 Å². The van der Waals surface area contributed by atoms with Crippen LogP contribution in [0.2, 0.25) is 0 Å². The molecule has 1 aliphatic heterocycles. The number of carbonyl (C=O) groups is 3. The van der Waals surface area contributed by atoms with E-state index in [9.17, 15) is 24.5 Å². The minimum absolute atomic E-state index is 0.0736. The van der Waals surface area contributed by atoms with Crippen molar-refractivity contribution in [2.24, 2.45) is 0 Å². The third-order valence-corrected chi connectivity index (χ3v) is 4.62. The zero-order valence-corrected chi connectivity index (χ0v) is 15.4. The maximum atomic E-state index is 12.3. The standard InChI is InChI=1S/C18H14N2O7S/c1-2-26-16(21)10-19-17(22)15(28-18(19)23)9-13-6-7-14(27-13)11-4-3-5-12(8-11)20(24)25/h3-9H,2,10H2,1H3/b15-9+. The van der Waals surface area contributed by atoms with Crippen molar-refractivity contribution in [3.8, 4) is 11.3 Å². The van der Waals surface area contributed by atoms with Gasteiger partial charge >= 0.3 is 5.97 Å². The Balaban J connectivity index is 1.79. The molecule has 1 aromatic heterocycles. The largest absolute Gasteiger partial charge is 0.465 e. The number of benzene rings is 1. The number of imide groups is 1. The number of carbonyl (C=O) groups excluding carboxylic acids is 3. The lowest BCUT2D eigenvalue weighted by atomic mass is 10.1. The van der Waals surface area contributed by atoms with Crippen LogP contribution >= 0.6 is 11.8 Å². The molecule has 144 valence electrons. The van der Waals surface area contributed by atoms with E-state index in [0.29, 0.717) is 28.8 Å². The van der Waals surface area contributed by atoms with E-state index >= 15 is 0 Å². The number of amides is 2. The summed E-state index contributed by atoms with van der Waals surface area (Å²) in [7, 11) is 0. The number of rotatable bonds is 6.